The maximum absolute atomic E-state index is 5.21. The van der Waals surface area contributed by atoms with E-state index < -0.39 is 0 Å². The van der Waals surface area contributed by atoms with Gasteiger partial charge >= 0.3 is 0 Å². The average Bonchev–Trinajstić information content (AvgIpc) is 2.59. The number of rotatable bonds is 1. The van der Waals surface area contributed by atoms with E-state index in [1.807, 2.05) is 12.1 Å². The number of furan rings is 1. The van der Waals surface area contributed by atoms with Crippen molar-refractivity contribution in [3.8, 4) is 0 Å². The molecule has 2 heterocycles. The summed E-state index contributed by atoms with van der Waals surface area (Å²) in [6.07, 6.45) is 3.85. The molecule has 0 saturated heterocycles. The molecule has 2 rings (SSSR count). The van der Waals surface area contributed by atoms with Crippen molar-refractivity contribution >= 4 is 5.57 Å². The fraction of sp³-hybridized carbons (Fsp3) is 0.250. The maximum atomic E-state index is 5.21. The van der Waals surface area contributed by atoms with Crippen LogP contribution in [0.5, 0.6) is 0 Å². The van der Waals surface area contributed by atoms with Crippen LogP contribution >= 0.6 is 0 Å². The van der Waals surface area contributed by atoms with Crippen LogP contribution in [-0.4, -0.2) is 13.1 Å². The zero-order chi connectivity index (χ0) is 6.81. The van der Waals surface area contributed by atoms with Gasteiger partial charge in [-0.15, -0.1) is 0 Å². The molecule has 0 aromatic carbocycles. The van der Waals surface area contributed by atoms with Gasteiger partial charge in [0.15, 0.2) is 0 Å². The van der Waals surface area contributed by atoms with Gasteiger partial charge in [-0.2, -0.15) is 0 Å². The highest BCUT2D eigenvalue weighted by Crippen LogP contribution is 2.15. The van der Waals surface area contributed by atoms with Crippen LogP contribution in [0.2, 0.25) is 0 Å². The standard InChI is InChI=1S/C8H9NO/c1-2-8(10-5-1)7-3-4-9-6-7/h1-3,5,9H,4,6H2. The maximum Gasteiger partial charge on any atom is 0.130 e. The minimum Gasteiger partial charge on any atom is -0.465 e. The summed E-state index contributed by atoms with van der Waals surface area (Å²) in [5.74, 6) is 0.991. The lowest BCUT2D eigenvalue weighted by Gasteiger charge is -1.93. The lowest BCUT2D eigenvalue weighted by atomic mass is 10.2. The molecule has 1 aliphatic heterocycles. The summed E-state index contributed by atoms with van der Waals surface area (Å²) in [6.45, 7) is 1.91. The highest BCUT2D eigenvalue weighted by Gasteiger charge is 2.07. The van der Waals surface area contributed by atoms with Crippen molar-refractivity contribution < 1.29 is 4.42 Å². The van der Waals surface area contributed by atoms with Crippen molar-refractivity contribution in [1.82, 2.24) is 5.32 Å². The Morgan fingerprint density at radius 2 is 2.50 bits per heavy atom. The third-order valence-electron chi connectivity index (χ3n) is 1.65. The lowest BCUT2D eigenvalue weighted by Crippen LogP contribution is -2.07. The summed E-state index contributed by atoms with van der Waals surface area (Å²) in [4.78, 5) is 0. The van der Waals surface area contributed by atoms with E-state index in [1.165, 1.54) is 5.57 Å². The van der Waals surface area contributed by atoms with Crippen LogP contribution in [0.4, 0.5) is 0 Å². The normalized spacial score (nSPS) is 17.4. The number of nitrogens with one attached hydrogen (secondary N) is 1. The Bertz CT molecular complexity index is 236. The molecule has 2 heteroatoms. The van der Waals surface area contributed by atoms with Crippen molar-refractivity contribution in [3.05, 3.63) is 30.2 Å². The molecule has 0 bridgehead atoms. The molecule has 10 heavy (non-hydrogen) atoms. The van der Waals surface area contributed by atoms with Crippen LogP contribution in [-0.2, 0) is 0 Å². The van der Waals surface area contributed by atoms with Gasteiger partial charge in [-0.3, -0.25) is 0 Å². The van der Waals surface area contributed by atoms with E-state index in [-0.39, 0.29) is 0 Å². The summed E-state index contributed by atoms with van der Waals surface area (Å²) in [6, 6.07) is 3.90. The van der Waals surface area contributed by atoms with Crippen LogP contribution in [0.3, 0.4) is 0 Å². The lowest BCUT2D eigenvalue weighted by molar-refractivity contribution is 0.551. The fourth-order valence-corrected chi connectivity index (χ4v) is 1.12. The third kappa shape index (κ3) is 0.866. The minimum atomic E-state index is 0.938. The molecule has 1 aliphatic rings. The van der Waals surface area contributed by atoms with Crippen LogP contribution in [0.15, 0.2) is 28.9 Å². The molecule has 0 spiro atoms. The first-order valence-corrected chi connectivity index (χ1v) is 3.40. The molecule has 1 aromatic rings. The Hall–Kier alpha value is -1.02. The second kappa shape index (κ2) is 2.31. The van der Waals surface area contributed by atoms with E-state index in [0.29, 0.717) is 0 Å². The first-order chi connectivity index (χ1) is 4.97. The third-order valence-corrected chi connectivity index (χ3v) is 1.65. The first kappa shape index (κ1) is 5.74. The van der Waals surface area contributed by atoms with Gasteiger partial charge in [0.05, 0.1) is 6.26 Å². The molecular weight excluding hydrogens is 126 g/mol. The van der Waals surface area contributed by atoms with E-state index >= 15 is 0 Å². The molecule has 52 valence electrons. The van der Waals surface area contributed by atoms with Crippen molar-refractivity contribution in [2.45, 2.75) is 0 Å². The Labute approximate surface area is 59.5 Å². The Morgan fingerprint density at radius 3 is 3.10 bits per heavy atom. The molecule has 0 saturated carbocycles. The first-order valence-electron chi connectivity index (χ1n) is 3.40. The van der Waals surface area contributed by atoms with Crippen molar-refractivity contribution in [1.29, 1.82) is 0 Å². The van der Waals surface area contributed by atoms with Crippen LogP contribution < -0.4 is 5.32 Å². The largest absolute Gasteiger partial charge is 0.465 e. The number of hydrogen-bond acceptors (Lipinski definition) is 2. The summed E-state index contributed by atoms with van der Waals surface area (Å²) < 4.78 is 5.21. The van der Waals surface area contributed by atoms with E-state index in [0.717, 1.165) is 18.8 Å². The quantitative estimate of drug-likeness (QED) is 0.627. The SMILES string of the molecule is C1=C(c2ccco2)CNC1. The van der Waals surface area contributed by atoms with E-state index in [9.17, 15) is 0 Å². The van der Waals surface area contributed by atoms with Gasteiger partial charge in [0.2, 0.25) is 0 Å². The van der Waals surface area contributed by atoms with Crippen molar-refractivity contribution in [3.63, 3.8) is 0 Å². The zero-order valence-electron chi connectivity index (χ0n) is 5.63. The Balaban J connectivity index is 2.28. The van der Waals surface area contributed by atoms with Crippen LogP contribution in [0.25, 0.3) is 5.57 Å². The molecule has 0 unspecified atom stereocenters. The monoisotopic (exact) mass is 135 g/mol. The number of hydrogen-bond donors (Lipinski definition) is 1. The summed E-state index contributed by atoms with van der Waals surface area (Å²) in [5, 5.41) is 3.21. The molecule has 1 N–H and O–H groups in total. The van der Waals surface area contributed by atoms with Gasteiger partial charge in [0, 0.05) is 18.7 Å². The van der Waals surface area contributed by atoms with Gasteiger partial charge in [-0.05, 0) is 12.1 Å². The predicted molar refractivity (Wildman–Crippen MR) is 39.6 cm³/mol. The van der Waals surface area contributed by atoms with E-state index in [1.54, 1.807) is 6.26 Å². The topological polar surface area (TPSA) is 25.2 Å². The minimum absolute atomic E-state index is 0.938. The smallest absolute Gasteiger partial charge is 0.130 e. The fourth-order valence-electron chi connectivity index (χ4n) is 1.12. The Kier molecular flexibility index (Phi) is 1.32. The van der Waals surface area contributed by atoms with E-state index in [2.05, 4.69) is 11.4 Å². The van der Waals surface area contributed by atoms with Crippen LogP contribution in [0, 0.1) is 0 Å². The van der Waals surface area contributed by atoms with E-state index in [4.69, 9.17) is 4.42 Å². The highest BCUT2D eigenvalue weighted by atomic mass is 16.3. The van der Waals surface area contributed by atoms with Gasteiger partial charge in [-0.1, -0.05) is 6.08 Å². The molecule has 0 radical (unpaired) electrons. The molecule has 0 amide bonds. The van der Waals surface area contributed by atoms with Crippen molar-refractivity contribution in [2.75, 3.05) is 13.1 Å². The van der Waals surface area contributed by atoms with Gasteiger partial charge in [-0.25, -0.2) is 0 Å². The average molecular weight is 135 g/mol. The molecule has 0 aliphatic carbocycles. The molecule has 1 aromatic heterocycles. The Morgan fingerprint density at radius 1 is 1.50 bits per heavy atom. The molecule has 2 nitrogen and oxygen atoms in total. The molecule has 0 fully saturated rings. The second-order valence-corrected chi connectivity index (χ2v) is 2.34. The second-order valence-electron chi connectivity index (χ2n) is 2.34. The van der Waals surface area contributed by atoms with Gasteiger partial charge in [0.1, 0.15) is 5.76 Å². The summed E-state index contributed by atoms with van der Waals surface area (Å²) in [5.41, 5.74) is 1.27. The molecule has 0 atom stereocenters. The molecular formula is C8H9NO. The zero-order valence-corrected chi connectivity index (χ0v) is 5.63. The summed E-state index contributed by atoms with van der Waals surface area (Å²) >= 11 is 0. The van der Waals surface area contributed by atoms with Gasteiger partial charge < -0.3 is 9.73 Å². The predicted octanol–water partition coefficient (Wildman–Crippen LogP) is 1.27. The highest BCUT2D eigenvalue weighted by molar-refractivity contribution is 5.64. The van der Waals surface area contributed by atoms with Crippen LogP contribution in [0.1, 0.15) is 5.76 Å². The summed E-state index contributed by atoms with van der Waals surface area (Å²) in [7, 11) is 0. The van der Waals surface area contributed by atoms with Crippen molar-refractivity contribution in [2.24, 2.45) is 0 Å². The van der Waals surface area contributed by atoms with Gasteiger partial charge in [0.25, 0.3) is 0 Å².